The van der Waals surface area contributed by atoms with E-state index in [4.69, 9.17) is 16.3 Å². The highest BCUT2D eigenvalue weighted by molar-refractivity contribution is 7.99. The second-order valence-corrected chi connectivity index (χ2v) is 7.85. The summed E-state index contributed by atoms with van der Waals surface area (Å²) in [5.74, 6) is 1.09. The van der Waals surface area contributed by atoms with Gasteiger partial charge in [0.2, 0.25) is 5.91 Å². The Balaban J connectivity index is 1.53. The fraction of sp³-hybridized carbons (Fsp3) is 0.250. The molecule has 1 heterocycles. The summed E-state index contributed by atoms with van der Waals surface area (Å²) in [7, 11) is 1.79. The molecule has 11 heteroatoms. The summed E-state index contributed by atoms with van der Waals surface area (Å²) in [6.07, 6.45) is 0.965. The van der Waals surface area contributed by atoms with E-state index in [9.17, 15) is 14.9 Å². The van der Waals surface area contributed by atoms with Gasteiger partial charge < -0.3 is 14.6 Å². The Hall–Kier alpha value is -3.11. The van der Waals surface area contributed by atoms with Gasteiger partial charge in [-0.05, 0) is 36.2 Å². The number of nitrogens with one attached hydrogen (secondary N) is 1. The summed E-state index contributed by atoms with van der Waals surface area (Å²) >= 11 is 6.98. The lowest BCUT2D eigenvalue weighted by molar-refractivity contribution is -0.384. The van der Waals surface area contributed by atoms with Crippen LogP contribution in [-0.4, -0.2) is 31.3 Å². The first-order valence-corrected chi connectivity index (χ1v) is 10.7. The summed E-state index contributed by atoms with van der Waals surface area (Å²) < 4.78 is 7.51. The summed E-state index contributed by atoms with van der Waals surface area (Å²) in [5.41, 5.74) is 1.26. The van der Waals surface area contributed by atoms with E-state index in [0.717, 1.165) is 12.2 Å². The third kappa shape index (κ3) is 5.96. The van der Waals surface area contributed by atoms with Gasteiger partial charge in [0, 0.05) is 18.8 Å². The molecule has 0 radical (unpaired) electrons. The van der Waals surface area contributed by atoms with Gasteiger partial charge in [-0.2, -0.15) is 0 Å². The molecule has 0 saturated carbocycles. The Kier molecular flexibility index (Phi) is 7.48. The molecule has 9 nitrogen and oxygen atoms in total. The number of thioether (sulfide) groups is 1. The number of hydrogen-bond acceptors (Lipinski definition) is 7. The van der Waals surface area contributed by atoms with Crippen LogP contribution in [0.25, 0.3) is 0 Å². The molecule has 3 aromatic rings. The van der Waals surface area contributed by atoms with Gasteiger partial charge in [-0.25, -0.2) is 0 Å². The monoisotopic (exact) mass is 461 g/mol. The Morgan fingerprint density at radius 3 is 2.68 bits per heavy atom. The molecule has 2 aromatic carbocycles. The van der Waals surface area contributed by atoms with Crippen LogP contribution < -0.4 is 10.1 Å². The number of aryl methyl sites for hydroxylation is 1. The average molecular weight is 462 g/mol. The molecule has 0 atom stereocenters. The summed E-state index contributed by atoms with van der Waals surface area (Å²) in [6.45, 7) is 2.34. The van der Waals surface area contributed by atoms with Gasteiger partial charge in [-0.15, -0.1) is 10.2 Å². The Bertz CT molecular complexity index is 1090. The second kappa shape index (κ2) is 10.3. The van der Waals surface area contributed by atoms with E-state index < -0.39 is 4.92 Å². The van der Waals surface area contributed by atoms with Crippen LogP contribution in [0, 0.1) is 10.1 Å². The minimum atomic E-state index is -0.603. The number of ether oxygens (including phenoxy) is 1. The summed E-state index contributed by atoms with van der Waals surface area (Å²) in [4.78, 5) is 22.6. The van der Waals surface area contributed by atoms with Crippen LogP contribution in [0.3, 0.4) is 0 Å². The summed E-state index contributed by atoms with van der Waals surface area (Å²) in [6, 6.07) is 11.9. The number of aromatic nitrogens is 3. The van der Waals surface area contributed by atoms with Crippen molar-refractivity contribution in [1.29, 1.82) is 0 Å². The SMILES string of the molecule is CCc1ccc(OCc2nnc(SCC(=O)Nc3ccc(Cl)c([N+](=O)[O-])c3)n2C)cc1. The van der Waals surface area contributed by atoms with Crippen molar-refractivity contribution in [3.05, 3.63) is 69.0 Å². The van der Waals surface area contributed by atoms with E-state index in [0.29, 0.717) is 16.7 Å². The highest BCUT2D eigenvalue weighted by atomic mass is 35.5. The molecule has 0 unspecified atom stereocenters. The fourth-order valence-corrected chi connectivity index (χ4v) is 3.54. The molecule has 0 saturated heterocycles. The molecule has 0 aliphatic carbocycles. The molecule has 0 aliphatic heterocycles. The molecule has 162 valence electrons. The lowest BCUT2D eigenvalue weighted by Crippen LogP contribution is -2.14. The van der Waals surface area contributed by atoms with Crippen LogP contribution in [0.2, 0.25) is 5.02 Å². The highest BCUT2D eigenvalue weighted by Crippen LogP contribution is 2.27. The number of carbonyl (C=O) groups excluding carboxylic acids is 1. The average Bonchev–Trinajstić information content (AvgIpc) is 3.11. The standard InChI is InChI=1S/C20H20ClN5O4S/c1-3-13-4-7-15(8-5-13)30-11-18-23-24-20(25(18)2)31-12-19(27)22-14-6-9-16(21)17(10-14)26(28)29/h4-10H,3,11-12H2,1-2H3,(H,22,27). The van der Waals surface area contributed by atoms with Crippen molar-refractivity contribution in [1.82, 2.24) is 14.8 Å². The molecular formula is C20H20ClN5O4S. The Morgan fingerprint density at radius 1 is 1.26 bits per heavy atom. The van der Waals surface area contributed by atoms with Gasteiger partial charge in [-0.1, -0.05) is 42.4 Å². The smallest absolute Gasteiger partial charge is 0.289 e. The first-order valence-electron chi connectivity index (χ1n) is 9.34. The number of hydrogen-bond donors (Lipinski definition) is 1. The van der Waals surface area contributed by atoms with Crippen LogP contribution in [0.1, 0.15) is 18.3 Å². The number of nitrogens with zero attached hydrogens (tertiary/aromatic N) is 4. The first-order chi connectivity index (χ1) is 14.9. The third-order valence-electron chi connectivity index (χ3n) is 4.38. The van der Waals surface area contributed by atoms with Crippen molar-refractivity contribution in [2.75, 3.05) is 11.1 Å². The predicted octanol–water partition coefficient (Wildman–Crippen LogP) is 4.25. The van der Waals surface area contributed by atoms with Crippen molar-refractivity contribution in [2.45, 2.75) is 25.1 Å². The van der Waals surface area contributed by atoms with Gasteiger partial charge in [0.25, 0.3) is 5.69 Å². The molecular weight excluding hydrogens is 442 g/mol. The molecule has 0 aliphatic rings. The molecule has 1 N–H and O–H groups in total. The van der Waals surface area contributed by atoms with Crippen molar-refractivity contribution in [3.8, 4) is 5.75 Å². The number of carbonyl (C=O) groups is 1. The highest BCUT2D eigenvalue weighted by Gasteiger charge is 2.15. The third-order valence-corrected chi connectivity index (χ3v) is 5.72. The van der Waals surface area contributed by atoms with Crippen LogP contribution in [0.5, 0.6) is 5.75 Å². The Morgan fingerprint density at radius 2 is 2.00 bits per heavy atom. The zero-order valence-corrected chi connectivity index (χ0v) is 18.4. The van der Waals surface area contributed by atoms with Crippen LogP contribution >= 0.6 is 23.4 Å². The fourth-order valence-electron chi connectivity index (χ4n) is 2.62. The molecule has 3 rings (SSSR count). The van der Waals surface area contributed by atoms with E-state index >= 15 is 0 Å². The van der Waals surface area contributed by atoms with E-state index in [-0.39, 0.29) is 29.0 Å². The minimum Gasteiger partial charge on any atom is -0.486 e. The number of amides is 1. The molecule has 1 aromatic heterocycles. The number of halogens is 1. The first kappa shape index (κ1) is 22.6. The molecule has 0 bridgehead atoms. The maximum absolute atomic E-state index is 12.2. The number of anilines is 1. The Labute approximate surface area is 187 Å². The van der Waals surface area contributed by atoms with Gasteiger partial charge in [0.15, 0.2) is 11.0 Å². The van der Waals surface area contributed by atoms with Gasteiger partial charge >= 0.3 is 0 Å². The number of nitro groups is 1. The van der Waals surface area contributed by atoms with Gasteiger partial charge in [-0.3, -0.25) is 14.9 Å². The summed E-state index contributed by atoms with van der Waals surface area (Å²) in [5, 5.41) is 22.3. The molecule has 31 heavy (non-hydrogen) atoms. The van der Waals surface area contributed by atoms with Crippen molar-refractivity contribution in [2.24, 2.45) is 7.05 Å². The lowest BCUT2D eigenvalue weighted by Gasteiger charge is -2.08. The van der Waals surface area contributed by atoms with E-state index in [2.05, 4.69) is 22.4 Å². The van der Waals surface area contributed by atoms with Crippen LogP contribution in [0.4, 0.5) is 11.4 Å². The van der Waals surface area contributed by atoms with Crippen LogP contribution in [0.15, 0.2) is 47.6 Å². The number of rotatable bonds is 9. The zero-order chi connectivity index (χ0) is 22.4. The molecule has 0 spiro atoms. The molecule has 0 fully saturated rings. The zero-order valence-electron chi connectivity index (χ0n) is 16.9. The van der Waals surface area contributed by atoms with E-state index in [1.54, 1.807) is 11.6 Å². The quantitative estimate of drug-likeness (QED) is 0.288. The normalized spacial score (nSPS) is 10.7. The van der Waals surface area contributed by atoms with Crippen molar-refractivity contribution < 1.29 is 14.5 Å². The predicted molar refractivity (Wildman–Crippen MR) is 119 cm³/mol. The lowest BCUT2D eigenvalue weighted by atomic mass is 10.2. The topological polar surface area (TPSA) is 112 Å². The number of nitro benzene ring substituents is 1. The van der Waals surface area contributed by atoms with Crippen molar-refractivity contribution >= 4 is 40.6 Å². The van der Waals surface area contributed by atoms with Crippen molar-refractivity contribution in [3.63, 3.8) is 0 Å². The van der Waals surface area contributed by atoms with Gasteiger partial charge in [0.05, 0.1) is 10.7 Å². The molecule has 1 amide bonds. The maximum Gasteiger partial charge on any atom is 0.289 e. The maximum atomic E-state index is 12.2. The minimum absolute atomic E-state index is 0.00696. The largest absolute Gasteiger partial charge is 0.486 e. The second-order valence-electron chi connectivity index (χ2n) is 6.50. The van der Waals surface area contributed by atoms with E-state index in [1.165, 1.54) is 35.5 Å². The van der Waals surface area contributed by atoms with Crippen LogP contribution in [-0.2, 0) is 24.9 Å². The number of benzene rings is 2. The van der Waals surface area contributed by atoms with Gasteiger partial charge in [0.1, 0.15) is 17.4 Å². The van der Waals surface area contributed by atoms with E-state index in [1.807, 2.05) is 24.3 Å².